The van der Waals surface area contributed by atoms with Gasteiger partial charge in [-0.25, -0.2) is 4.79 Å². The van der Waals surface area contributed by atoms with E-state index in [1.165, 1.54) is 24.3 Å². The molecule has 6 nitrogen and oxygen atoms in total. The van der Waals surface area contributed by atoms with Crippen LogP contribution in [0.5, 0.6) is 0 Å². The molecule has 3 atom stereocenters. The maximum atomic E-state index is 11.9. The topological polar surface area (TPSA) is 83.9 Å². The largest absolute Gasteiger partial charge is 0.478 e. The molecule has 2 amide bonds. The highest BCUT2D eigenvalue weighted by atomic mass is 16.5. The molecule has 0 aromatic heterocycles. The second-order valence-electron chi connectivity index (χ2n) is 5.90. The molecule has 3 unspecified atom stereocenters. The number of rotatable bonds is 4. The van der Waals surface area contributed by atoms with Gasteiger partial charge in [0.05, 0.1) is 17.4 Å². The van der Waals surface area contributed by atoms with Gasteiger partial charge in [-0.05, 0) is 37.6 Å². The zero-order chi connectivity index (χ0) is 18.4. The van der Waals surface area contributed by atoms with Crippen molar-refractivity contribution < 1.29 is 24.2 Å². The van der Waals surface area contributed by atoms with E-state index in [1.54, 1.807) is 21.0 Å². The zero-order valence-corrected chi connectivity index (χ0v) is 14.8. The molecule has 1 aliphatic rings. The summed E-state index contributed by atoms with van der Waals surface area (Å²) in [6.07, 6.45) is 1.54. The van der Waals surface area contributed by atoms with Crippen LogP contribution < -0.4 is 4.90 Å². The molecule has 1 N–H and O–H groups in total. The van der Waals surface area contributed by atoms with E-state index < -0.39 is 5.97 Å². The smallest absolute Gasteiger partial charge is 0.335 e. The number of benzene rings is 1. The van der Waals surface area contributed by atoms with Gasteiger partial charge in [-0.2, -0.15) is 0 Å². The average molecular weight is 335 g/mol. The highest BCUT2D eigenvalue weighted by Crippen LogP contribution is 2.30. The van der Waals surface area contributed by atoms with Gasteiger partial charge in [-0.15, -0.1) is 0 Å². The molecule has 2 rings (SSSR count). The van der Waals surface area contributed by atoms with Crippen LogP contribution in [0.2, 0.25) is 0 Å². The molecule has 0 bridgehead atoms. The number of carbonyl (C=O) groups is 3. The molecule has 1 aliphatic heterocycles. The van der Waals surface area contributed by atoms with Gasteiger partial charge in [0.2, 0.25) is 11.8 Å². The van der Waals surface area contributed by atoms with Crippen molar-refractivity contribution in [3.8, 4) is 0 Å². The lowest BCUT2D eigenvalue weighted by molar-refractivity contribution is -0.122. The molecule has 1 saturated heterocycles. The number of carbonyl (C=O) groups excluding carboxylic acids is 2. The van der Waals surface area contributed by atoms with Crippen LogP contribution >= 0.6 is 0 Å². The van der Waals surface area contributed by atoms with Crippen LogP contribution in [0.25, 0.3) is 0 Å². The summed E-state index contributed by atoms with van der Waals surface area (Å²) in [6, 6.07) is 5.71. The van der Waals surface area contributed by atoms with Gasteiger partial charge in [0.1, 0.15) is 0 Å². The van der Waals surface area contributed by atoms with Gasteiger partial charge in [0.25, 0.3) is 0 Å². The van der Waals surface area contributed by atoms with E-state index in [0.717, 1.165) is 11.3 Å². The Morgan fingerprint density at radius 1 is 1.17 bits per heavy atom. The molecule has 24 heavy (non-hydrogen) atoms. The average Bonchev–Trinajstić information content (AvgIpc) is 2.78. The monoisotopic (exact) mass is 335 g/mol. The lowest BCUT2D eigenvalue weighted by atomic mass is 10.00. The number of methoxy groups -OCH3 is 1. The molecule has 1 aromatic rings. The van der Waals surface area contributed by atoms with Gasteiger partial charge in [-0.1, -0.05) is 20.8 Å². The van der Waals surface area contributed by atoms with Crippen molar-refractivity contribution in [2.75, 3.05) is 12.0 Å². The van der Waals surface area contributed by atoms with Gasteiger partial charge in [0.15, 0.2) is 0 Å². The lowest BCUT2D eigenvalue weighted by Crippen LogP contribution is -2.30. The highest BCUT2D eigenvalue weighted by molar-refractivity contribution is 6.21. The SMILES string of the molecule is CC1C(=O)N(c2ccc(C(=O)O)cc2)C(=O)C1C.CCC(C)OC. The summed E-state index contributed by atoms with van der Waals surface area (Å²) in [7, 11) is 1.73. The fourth-order valence-electron chi connectivity index (χ4n) is 2.12. The van der Waals surface area contributed by atoms with Crippen LogP contribution in [-0.4, -0.2) is 36.1 Å². The summed E-state index contributed by atoms with van der Waals surface area (Å²) in [4.78, 5) is 35.7. The summed E-state index contributed by atoms with van der Waals surface area (Å²) in [5, 5.41) is 8.78. The van der Waals surface area contributed by atoms with Crippen LogP contribution in [0.1, 0.15) is 44.5 Å². The van der Waals surface area contributed by atoms with Crippen molar-refractivity contribution in [1.29, 1.82) is 0 Å². The van der Waals surface area contributed by atoms with Crippen LogP contribution in [0, 0.1) is 11.8 Å². The normalized spacial score (nSPS) is 21.3. The minimum absolute atomic E-state index is 0.124. The third-order valence-electron chi connectivity index (χ3n) is 4.32. The Bertz CT molecular complexity index is 572. The molecular weight excluding hydrogens is 310 g/mol. The van der Waals surface area contributed by atoms with Crippen molar-refractivity contribution in [1.82, 2.24) is 0 Å². The first-order chi connectivity index (χ1) is 11.2. The van der Waals surface area contributed by atoms with E-state index in [9.17, 15) is 14.4 Å². The quantitative estimate of drug-likeness (QED) is 0.855. The van der Waals surface area contributed by atoms with Gasteiger partial charge < -0.3 is 9.84 Å². The first-order valence-electron chi connectivity index (χ1n) is 7.98. The third-order valence-corrected chi connectivity index (χ3v) is 4.32. The van der Waals surface area contributed by atoms with Crippen molar-refractivity contribution in [2.45, 2.75) is 40.2 Å². The Labute approximate surface area is 142 Å². The number of ether oxygens (including phenoxy) is 1. The Hall–Kier alpha value is -2.21. The van der Waals surface area contributed by atoms with E-state index in [4.69, 9.17) is 9.84 Å². The Morgan fingerprint density at radius 2 is 1.62 bits per heavy atom. The Morgan fingerprint density at radius 3 is 1.92 bits per heavy atom. The highest BCUT2D eigenvalue weighted by Gasteiger charge is 2.42. The van der Waals surface area contributed by atoms with Crippen molar-refractivity contribution in [3.63, 3.8) is 0 Å². The fourth-order valence-corrected chi connectivity index (χ4v) is 2.12. The molecule has 0 radical (unpaired) electrons. The Kier molecular flexibility index (Phi) is 7.10. The third kappa shape index (κ3) is 4.41. The summed E-state index contributed by atoms with van der Waals surface area (Å²) in [5.74, 6) is -2.19. The number of nitrogens with zero attached hydrogens (tertiary/aromatic N) is 1. The molecule has 6 heteroatoms. The predicted octanol–water partition coefficient (Wildman–Crippen LogP) is 2.96. The van der Waals surface area contributed by atoms with E-state index >= 15 is 0 Å². The number of hydrogen-bond donors (Lipinski definition) is 1. The number of carboxylic acids is 1. The van der Waals surface area contributed by atoms with Crippen molar-refractivity contribution in [3.05, 3.63) is 29.8 Å². The number of carboxylic acid groups (broad SMARTS) is 1. The maximum Gasteiger partial charge on any atom is 0.335 e. The van der Waals surface area contributed by atoms with Crippen LogP contribution in [0.4, 0.5) is 5.69 Å². The molecule has 0 saturated carbocycles. The van der Waals surface area contributed by atoms with E-state index in [2.05, 4.69) is 13.8 Å². The van der Waals surface area contributed by atoms with Crippen LogP contribution in [-0.2, 0) is 14.3 Å². The minimum atomic E-state index is -1.04. The first kappa shape index (κ1) is 19.8. The number of aromatic carboxylic acids is 1. The van der Waals surface area contributed by atoms with Gasteiger partial charge in [0, 0.05) is 18.9 Å². The first-order valence-corrected chi connectivity index (χ1v) is 7.98. The molecule has 1 aromatic carbocycles. The molecule has 1 fully saturated rings. The molecule has 0 spiro atoms. The van der Waals surface area contributed by atoms with Crippen molar-refractivity contribution >= 4 is 23.5 Å². The summed E-state index contributed by atoms with van der Waals surface area (Å²) >= 11 is 0. The van der Waals surface area contributed by atoms with E-state index in [1.807, 2.05) is 0 Å². The van der Waals surface area contributed by atoms with E-state index in [0.29, 0.717) is 11.8 Å². The summed E-state index contributed by atoms with van der Waals surface area (Å²) < 4.78 is 4.90. The van der Waals surface area contributed by atoms with Crippen molar-refractivity contribution in [2.24, 2.45) is 11.8 Å². The van der Waals surface area contributed by atoms with Gasteiger partial charge >= 0.3 is 5.97 Å². The second kappa shape index (κ2) is 8.59. The minimum Gasteiger partial charge on any atom is -0.478 e. The second-order valence-corrected chi connectivity index (χ2v) is 5.90. The van der Waals surface area contributed by atoms with Crippen LogP contribution in [0.15, 0.2) is 24.3 Å². The number of hydrogen-bond acceptors (Lipinski definition) is 4. The standard InChI is InChI=1S/C13H13NO4.C5H12O/c1-7-8(2)12(16)14(11(7)15)10-5-3-9(4-6-10)13(17)18;1-4-5(2)6-3/h3-8H,1-2H3,(H,17,18);5H,4H2,1-3H3. The van der Waals surface area contributed by atoms with Crippen LogP contribution in [0.3, 0.4) is 0 Å². The maximum absolute atomic E-state index is 11.9. The molecule has 132 valence electrons. The van der Waals surface area contributed by atoms with Gasteiger partial charge in [-0.3, -0.25) is 14.5 Å². The summed E-state index contributed by atoms with van der Waals surface area (Å²) in [6.45, 7) is 7.60. The predicted molar refractivity (Wildman–Crippen MR) is 91.0 cm³/mol. The molecule has 0 aliphatic carbocycles. The van der Waals surface area contributed by atoms with E-state index in [-0.39, 0.29) is 29.2 Å². The number of amides is 2. The fraction of sp³-hybridized carbons (Fsp3) is 0.500. The lowest BCUT2D eigenvalue weighted by Gasteiger charge is -2.14. The zero-order valence-electron chi connectivity index (χ0n) is 14.8. The molecular formula is C18H25NO5. The Balaban J connectivity index is 0.000000413. The molecule has 1 heterocycles. The summed E-state index contributed by atoms with van der Waals surface area (Å²) in [5.41, 5.74) is 0.546. The number of anilines is 1. The number of imide groups is 1.